The molecule has 91 valence electrons. The van der Waals surface area contributed by atoms with E-state index in [1.807, 2.05) is 0 Å². The first-order chi connectivity index (χ1) is 7.97. The summed E-state index contributed by atoms with van der Waals surface area (Å²) in [6.45, 7) is 3.60. The predicted octanol–water partition coefficient (Wildman–Crippen LogP) is 1.13. The maximum absolute atomic E-state index is 11.0. The Morgan fingerprint density at radius 2 is 2.12 bits per heavy atom. The Morgan fingerprint density at radius 3 is 2.59 bits per heavy atom. The number of aliphatic hydroxyl groups is 1. The van der Waals surface area contributed by atoms with E-state index in [0.29, 0.717) is 12.0 Å². The van der Waals surface area contributed by atoms with Crippen molar-refractivity contribution in [3.8, 4) is 5.75 Å². The van der Waals surface area contributed by atoms with Gasteiger partial charge in [-0.2, -0.15) is 0 Å². The summed E-state index contributed by atoms with van der Waals surface area (Å²) in [7, 11) is 0. The van der Waals surface area contributed by atoms with Crippen molar-refractivity contribution in [3.63, 3.8) is 0 Å². The van der Waals surface area contributed by atoms with E-state index in [9.17, 15) is 14.7 Å². The van der Waals surface area contributed by atoms with Crippen molar-refractivity contribution in [3.05, 3.63) is 29.3 Å². The molecule has 0 saturated heterocycles. The Morgan fingerprint density at radius 1 is 1.47 bits per heavy atom. The summed E-state index contributed by atoms with van der Waals surface area (Å²) in [5, 5.41) is 9.52. The first-order valence-electron chi connectivity index (χ1n) is 5.15. The second-order valence-corrected chi connectivity index (χ2v) is 3.81. The minimum absolute atomic E-state index is 0.0955. The number of carbonyl (C=O) groups excluding carboxylic acids is 2. The molecule has 0 saturated carbocycles. The maximum Gasteiger partial charge on any atom is 0.271 e. The van der Waals surface area contributed by atoms with Crippen molar-refractivity contribution >= 4 is 12.2 Å². The topological polar surface area (TPSA) is 87.4 Å². The van der Waals surface area contributed by atoms with E-state index in [4.69, 9.17) is 10.5 Å². The van der Waals surface area contributed by atoms with Gasteiger partial charge >= 0.3 is 0 Å². The standard InChI is InChI=1S/C12H14NO4/c1-7(2)17-10-5-3-4-8(9(10)6-14)11(15)12(13)16/h3-7,11,13,15H,1-2H3. The van der Waals surface area contributed by atoms with Gasteiger partial charge in [-0.3, -0.25) is 15.3 Å². The third kappa shape index (κ3) is 3.04. The third-order valence-corrected chi connectivity index (χ3v) is 2.12. The van der Waals surface area contributed by atoms with Gasteiger partial charge in [-0.25, -0.2) is 0 Å². The van der Waals surface area contributed by atoms with Gasteiger partial charge in [-0.15, -0.1) is 0 Å². The molecule has 1 unspecified atom stereocenters. The SMILES string of the molecule is CC(C)Oc1cccc(C(O)C([NH])=O)c1C=O. The fraction of sp³-hybridized carbons (Fsp3) is 0.333. The number of aldehydes is 1. The van der Waals surface area contributed by atoms with Crippen LogP contribution in [0, 0.1) is 0 Å². The second kappa shape index (κ2) is 5.45. The highest BCUT2D eigenvalue weighted by molar-refractivity contribution is 5.87. The van der Waals surface area contributed by atoms with Gasteiger partial charge in [0.1, 0.15) is 5.75 Å². The Hall–Kier alpha value is -1.88. The zero-order valence-electron chi connectivity index (χ0n) is 9.64. The summed E-state index contributed by atoms with van der Waals surface area (Å²) in [5.41, 5.74) is 7.06. The lowest BCUT2D eigenvalue weighted by atomic mass is 10.0. The zero-order chi connectivity index (χ0) is 13.0. The number of rotatable bonds is 5. The first kappa shape index (κ1) is 13.2. The lowest BCUT2D eigenvalue weighted by molar-refractivity contribution is -0.126. The van der Waals surface area contributed by atoms with Gasteiger partial charge in [0.25, 0.3) is 5.91 Å². The van der Waals surface area contributed by atoms with Crippen LogP contribution in [0.15, 0.2) is 18.2 Å². The van der Waals surface area contributed by atoms with Crippen LogP contribution in [0.5, 0.6) is 5.75 Å². The molecular weight excluding hydrogens is 222 g/mol. The van der Waals surface area contributed by atoms with Crippen LogP contribution in [0.3, 0.4) is 0 Å². The Bertz CT molecular complexity index is 429. The third-order valence-electron chi connectivity index (χ3n) is 2.12. The van der Waals surface area contributed by atoms with Crippen LogP contribution in [0.4, 0.5) is 0 Å². The number of hydrogen-bond donors (Lipinski definition) is 1. The van der Waals surface area contributed by atoms with Crippen LogP contribution < -0.4 is 10.5 Å². The van der Waals surface area contributed by atoms with Crippen LogP contribution in [-0.2, 0) is 4.79 Å². The van der Waals surface area contributed by atoms with Crippen molar-refractivity contribution in [1.29, 1.82) is 0 Å². The number of aliphatic hydroxyl groups excluding tert-OH is 1. The molecule has 0 bridgehead atoms. The van der Waals surface area contributed by atoms with Gasteiger partial charge in [-0.1, -0.05) is 12.1 Å². The summed E-state index contributed by atoms with van der Waals surface area (Å²) < 4.78 is 5.39. The van der Waals surface area contributed by atoms with Gasteiger partial charge < -0.3 is 9.84 Å². The Kier molecular flexibility index (Phi) is 4.23. The lowest BCUT2D eigenvalue weighted by Gasteiger charge is -2.15. The highest BCUT2D eigenvalue weighted by atomic mass is 16.5. The molecule has 5 nitrogen and oxygen atoms in total. The van der Waals surface area contributed by atoms with Crippen LogP contribution in [0.25, 0.3) is 0 Å². The van der Waals surface area contributed by atoms with Gasteiger partial charge in [0.15, 0.2) is 12.4 Å². The highest BCUT2D eigenvalue weighted by Gasteiger charge is 2.20. The Labute approximate surface area is 99.2 Å². The van der Waals surface area contributed by atoms with E-state index in [2.05, 4.69) is 0 Å². The van der Waals surface area contributed by atoms with Crippen molar-refractivity contribution in [2.24, 2.45) is 0 Å². The molecule has 17 heavy (non-hydrogen) atoms. The van der Waals surface area contributed by atoms with Gasteiger partial charge in [0.05, 0.1) is 11.7 Å². The second-order valence-electron chi connectivity index (χ2n) is 3.81. The maximum atomic E-state index is 11.0. The molecule has 1 radical (unpaired) electrons. The summed E-state index contributed by atoms with van der Waals surface area (Å²) in [4.78, 5) is 21.8. The fourth-order valence-electron chi connectivity index (χ4n) is 1.42. The van der Waals surface area contributed by atoms with Gasteiger partial charge in [0, 0.05) is 5.56 Å². The molecule has 5 heteroatoms. The first-order valence-corrected chi connectivity index (χ1v) is 5.15. The molecule has 0 aliphatic heterocycles. The number of benzene rings is 1. The minimum Gasteiger partial charge on any atom is -0.490 e. The van der Waals surface area contributed by atoms with Crippen molar-refractivity contribution < 1.29 is 19.4 Å². The van der Waals surface area contributed by atoms with E-state index in [1.165, 1.54) is 6.07 Å². The smallest absolute Gasteiger partial charge is 0.271 e. The monoisotopic (exact) mass is 236 g/mol. The molecule has 1 aromatic rings. The summed E-state index contributed by atoms with van der Waals surface area (Å²) in [5.74, 6) is -0.859. The predicted molar refractivity (Wildman–Crippen MR) is 60.7 cm³/mol. The Balaban J connectivity index is 3.23. The molecule has 0 fully saturated rings. The van der Waals surface area contributed by atoms with Crippen molar-refractivity contribution in [2.75, 3.05) is 0 Å². The molecule has 1 aromatic carbocycles. The quantitative estimate of drug-likeness (QED) is 0.776. The molecule has 1 rings (SSSR count). The van der Waals surface area contributed by atoms with Gasteiger partial charge in [0.2, 0.25) is 0 Å². The van der Waals surface area contributed by atoms with Crippen molar-refractivity contribution in [2.45, 2.75) is 26.1 Å². The molecule has 0 heterocycles. The molecule has 1 atom stereocenters. The largest absolute Gasteiger partial charge is 0.490 e. The summed E-state index contributed by atoms with van der Waals surface area (Å²) in [6.07, 6.45) is -1.24. The number of ether oxygens (including phenoxy) is 1. The average molecular weight is 236 g/mol. The highest BCUT2D eigenvalue weighted by Crippen LogP contribution is 2.26. The molecule has 0 spiro atoms. The number of carbonyl (C=O) groups is 2. The fourth-order valence-corrected chi connectivity index (χ4v) is 1.42. The minimum atomic E-state index is -1.62. The molecule has 0 aromatic heterocycles. The van der Waals surface area contributed by atoms with E-state index < -0.39 is 12.0 Å². The van der Waals surface area contributed by atoms with E-state index in [-0.39, 0.29) is 17.2 Å². The molecule has 0 aliphatic rings. The number of amides is 1. The van der Waals surface area contributed by atoms with E-state index >= 15 is 0 Å². The normalized spacial score (nSPS) is 12.2. The van der Waals surface area contributed by atoms with Crippen LogP contribution in [0.1, 0.15) is 35.9 Å². The molecular formula is C12H14NO4. The summed E-state index contributed by atoms with van der Waals surface area (Å²) >= 11 is 0. The molecule has 1 amide bonds. The molecule has 0 aliphatic carbocycles. The van der Waals surface area contributed by atoms with Crippen molar-refractivity contribution in [1.82, 2.24) is 5.73 Å². The van der Waals surface area contributed by atoms with E-state index in [0.717, 1.165) is 0 Å². The zero-order valence-corrected chi connectivity index (χ0v) is 9.64. The van der Waals surface area contributed by atoms with E-state index in [1.54, 1.807) is 26.0 Å². The molecule has 2 N–H and O–H groups in total. The van der Waals surface area contributed by atoms with Crippen LogP contribution in [0.2, 0.25) is 0 Å². The lowest BCUT2D eigenvalue weighted by Crippen LogP contribution is -2.16. The van der Waals surface area contributed by atoms with Crippen LogP contribution >= 0.6 is 0 Å². The van der Waals surface area contributed by atoms with Crippen LogP contribution in [-0.4, -0.2) is 23.4 Å². The summed E-state index contributed by atoms with van der Waals surface area (Å²) in [6, 6.07) is 4.56. The van der Waals surface area contributed by atoms with Gasteiger partial charge in [-0.05, 0) is 19.9 Å². The average Bonchev–Trinajstić information content (AvgIpc) is 2.26. The number of nitrogens with one attached hydrogen (secondary N) is 1. The number of hydrogen-bond acceptors (Lipinski definition) is 4.